The number of nitrogens with one attached hydrogen (secondary N) is 4. The highest BCUT2D eigenvalue weighted by Gasteiger charge is 2.29. The smallest absolute Gasteiger partial charge is 0.318 e. The minimum atomic E-state index is -0.814. The SMILES string of the molecule is CC(C)[C@H](NC(=O)N(C)Cc1ccccn1)C(=O)N[C@H](/C=C/[C@H](Cc1ccccc1)NC(=O)[C@@H](NC(=O)N(C)Cc1ccccn1)C(C)C)Cc1ccccc1. The van der Waals surface area contributed by atoms with Crippen LogP contribution in [0.15, 0.2) is 122 Å². The van der Waals surface area contributed by atoms with E-state index >= 15 is 0 Å². The van der Waals surface area contributed by atoms with Gasteiger partial charge in [-0.05, 0) is 60.1 Å². The molecule has 2 heterocycles. The molecule has 0 bridgehead atoms. The molecule has 4 atom stereocenters. The van der Waals surface area contributed by atoms with E-state index < -0.39 is 24.2 Å². The van der Waals surface area contributed by atoms with Crippen molar-refractivity contribution in [3.8, 4) is 0 Å². The van der Waals surface area contributed by atoms with Crippen molar-refractivity contribution < 1.29 is 19.2 Å². The Morgan fingerprint density at radius 1 is 0.536 bits per heavy atom. The number of aromatic nitrogens is 2. The van der Waals surface area contributed by atoms with Crippen LogP contribution in [0.4, 0.5) is 9.59 Å². The van der Waals surface area contributed by atoms with Crippen molar-refractivity contribution in [1.82, 2.24) is 41.0 Å². The average molecular weight is 761 g/mol. The van der Waals surface area contributed by atoms with E-state index in [9.17, 15) is 19.2 Å². The molecule has 0 aliphatic rings. The summed E-state index contributed by atoms with van der Waals surface area (Å²) in [5.74, 6) is -1.07. The van der Waals surface area contributed by atoms with Gasteiger partial charge in [0.25, 0.3) is 0 Å². The molecule has 4 aromatic rings. The first-order chi connectivity index (χ1) is 26.9. The minimum absolute atomic E-state index is 0.208. The number of benzene rings is 2. The molecular weight excluding hydrogens is 705 g/mol. The van der Waals surface area contributed by atoms with Crippen LogP contribution < -0.4 is 21.3 Å². The summed E-state index contributed by atoms with van der Waals surface area (Å²) in [6, 6.07) is 27.3. The van der Waals surface area contributed by atoms with E-state index in [0.29, 0.717) is 12.8 Å². The maximum Gasteiger partial charge on any atom is 0.318 e. The third-order valence-corrected chi connectivity index (χ3v) is 9.23. The van der Waals surface area contributed by atoms with Crippen LogP contribution in [0.25, 0.3) is 0 Å². The molecule has 12 heteroatoms. The number of hydrogen-bond donors (Lipinski definition) is 4. The minimum Gasteiger partial charge on any atom is -0.348 e. The number of carbonyl (C=O) groups is 4. The molecule has 4 N–H and O–H groups in total. The monoisotopic (exact) mass is 760 g/mol. The van der Waals surface area contributed by atoms with E-state index in [0.717, 1.165) is 22.5 Å². The Labute approximate surface area is 331 Å². The van der Waals surface area contributed by atoms with E-state index in [-0.39, 0.29) is 48.8 Å². The molecule has 0 aliphatic carbocycles. The molecular formula is C44H56N8O4. The third kappa shape index (κ3) is 14.0. The van der Waals surface area contributed by atoms with E-state index in [1.807, 2.05) is 137 Å². The first kappa shape index (κ1) is 42.7. The second kappa shape index (κ2) is 21.7. The summed E-state index contributed by atoms with van der Waals surface area (Å²) in [5, 5.41) is 12.1. The highest BCUT2D eigenvalue weighted by molar-refractivity contribution is 5.88. The summed E-state index contributed by atoms with van der Waals surface area (Å²) >= 11 is 0. The van der Waals surface area contributed by atoms with Gasteiger partial charge >= 0.3 is 12.1 Å². The number of rotatable bonds is 18. The van der Waals surface area contributed by atoms with E-state index in [2.05, 4.69) is 31.2 Å². The van der Waals surface area contributed by atoms with Crippen molar-refractivity contribution in [1.29, 1.82) is 0 Å². The number of nitrogens with zero attached hydrogens (tertiary/aromatic N) is 4. The zero-order valence-electron chi connectivity index (χ0n) is 33.3. The lowest BCUT2D eigenvalue weighted by Crippen LogP contribution is -2.55. The highest BCUT2D eigenvalue weighted by atomic mass is 16.2. The average Bonchev–Trinajstić information content (AvgIpc) is 3.18. The van der Waals surface area contributed by atoms with Crippen molar-refractivity contribution in [2.45, 2.75) is 77.8 Å². The Morgan fingerprint density at radius 2 is 0.893 bits per heavy atom. The van der Waals surface area contributed by atoms with E-state index in [1.165, 1.54) is 9.80 Å². The summed E-state index contributed by atoms with van der Waals surface area (Å²) in [6.07, 6.45) is 8.09. The topological polar surface area (TPSA) is 149 Å². The van der Waals surface area contributed by atoms with Gasteiger partial charge in [-0.1, -0.05) is 113 Å². The lowest BCUT2D eigenvalue weighted by atomic mass is 9.99. The van der Waals surface area contributed by atoms with Crippen LogP contribution >= 0.6 is 0 Å². The van der Waals surface area contributed by atoms with Gasteiger partial charge in [-0.3, -0.25) is 19.6 Å². The maximum absolute atomic E-state index is 13.9. The predicted octanol–water partition coefficient (Wildman–Crippen LogP) is 5.52. The van der Waals surface area contributed by atoms with Gasteiger partial charge in [-0.15, -0.1) is 0 Å². The number of hydrogen-bond acceptors (Lipinski definition) is 6. The summed E-state index contributed by atoms with van der Waals surface area (Å²) in [4.78, 5) is 66.0. The fourth-order valence-corrected chi connectivity index (χ4v) is 6.05. The van der Waals surface area contributed by atoms with Gasteiger partial charge in [0, 0.05) is 26.5 Å². The van der Waals surface area contributed by atoms with E-state index in [1.54, 1.807) is 26.5 Å². The van der Waals surface area contributed by atoms with E-state index in [4.69, 9.17) is 0 Å². The Morgan fingerprint density at radius 3 is 1.21 bits per heavy atom. The standard InChI is InChI=1S/C44H56N8O4/c1-31(2)39(49-43(55)51(5)29-37-21-13-15-25-45-37)41(53)47-35(27-33-17-9-7-10-18-33)23-24-36(28-34-19-11-8-12-20-34)48-42(54)40(32(3)4)50-44(56)52(6)30-38-22-14-16-26-46-38/h7-26,31-32,35-36,39-40H,27-30H2,1-6H3,(H,47,53)(H,48,54)(H,49,55)(H,50,56)/b24-23+/t35-,36-,39+,40+/m1/s1. The molecule has 56 heavy (non-hydrogen) atoms. The van der Waals surface area contributed by atoms with Crippen LogP contribution in [-0.2, 0) is 35.5 Å². The van der Waals surface area contributed by atoms with Gasteiger partial charge in [0.05, 0.1) is 36.6 Å². The molecule has 4 rings (SSSR count). The molecule has 2 aromatic carbocycles. The molecule has 0 saturated carbocycles. The van der Waals surface area contributed by atoms with Crippen molar-refractivity contribution in [2.24, 2.45) is 11.8 Å². The Bertz CT molecular complexity index is 1710. The number of urea groups is 2. The molecule has 6 amide bonds. The summed E-state index contributed by atoms with van der Waals surface area (Å²) in [5.41, 5.74) is 3.47. The van der Waals surface area contributed by atoms with Gasteiger partial charge in [0.1, 0.15) is 12.1 Å². The fraction of sp³-hybridized carbons (Fsp3) is 0.364. The first-order valence-corrected chi connectivity index (χ1v) is 19.1. The number of carbonyl (C=O) groups excluding carboxylic acids is 4. The summed E-state index contributed by atoms with van der Waals surface area (Å²) < 4.78 is 0. The lowest BCUT2D eigenvalue weighted by Gasteiger charge is -2.28. The maximum atomic E-state index is 13.9. The van der Waals surface area contributed by atoms with Crippen LogP contribution in [0.1, 0.15) is 50.2 Å². The number of pyridine rings is 2. The molecule has 0 aliphatic heterocycles. The molecule has 0 spiro atoms. The lowest BCUT2D eigenvalue weighted by molar-refractivity contribution is -0.125. The second-order valence-corrected chi connectivity index (χ2v) is 14.7. The zero-order chi connectivity index (χ0) is 40.5. The van der Waals surface area contributed by atoms with Crippen LogP contribution in [0.5, 0.6) is 0 Å². The van der Waals surface area contributed by atoms with Crippen LogP contribution in [0.3, 0.4) is 0 Å². The van der Waals surface area contributed by atoms with Gasteiger partial charge in [-0.2, -0.15) is 0 Å². The van der Waals surface area contributed by atoms with Crippen LogP contribution in [0.2, 0.25) is 0 Å². The molecule has 296 valence electrons. The normalized spacial score (nSPS) is 13.4. The van der Waals surface area contributed by atoms with Gasteiger partial charge in [0.15, 0.2) is 0 Å². The highest BCUT2D eigenvalue weighted by Crippen LogP contribution is 2.12. The molecule has 12 nitrogen and oxygen atoms in total. The molecule has 0 unspecified atom stereocenters. The largest absolute Gasteiger partial charge is 0.348 e. The molecule has 0 saturated heterocycles. The van der Waals surface area contributed by atoms with Crippen molar-refractivity contribution in [3.05, 3.63) is 144 Å². The van der Waals surface area contributed by atoms with Crippen molar-refractivity contribution >= 4 is 23.9 Å². The summed E-state index contributed by atoms with van der Waals surface area (Å²) in [7, 11) is 3.33. The molecule has 0 fully saturated rings. The zero-order valence-corrected chi connectivity index (χ0v) is 33.3. The second-order valence-electron chi connectivity index (χ2n) is 14.7. The Balaban J connectivity index is 1.53. The summed E-state index contributed by atoms with van der Waals surface area (Å²) in [6.45, 7) is 8.12. The quantitative estimate of drug-likeness (QED) is 0.0983. The Hall–Kier alpha value is -6.04. The molecule has 2 aromatic heterocycles. The first-order valence-electron chi connectivity index (χ1n) is 19.1. The van der Waals surface area contributed by atoms with Gasteiger partial charge < -0.3 is 31.1 Å². The van der Waals surface area contributed by atoms with Gasteiger partial charge in [-0.25, -0.2) is 9.59 Å². The van der Waals surface area contributed by atoms with Crippen molar-refractivity contribution in [3.63, 3.8) is 0 Å². The predicted molar refractivity (Wildman–Crippen MR) is 219 cm³/mol. The van der Waals surface area contributed by atoms with Crippen molar-refractivity contribution in [2.75, 3.05) is 14.1 Å². The Kier molecular flexibility index (Phi) is 16.6. The van der Waals surface area contributed by atoms with Crippen LogP contribution in [0, 0.1) is 11.8 Å². The van der Waals surface area contributed by atoms with Gasteiger partial charge in [0.2, 0.25) is 11.8 Å². The third-order valence-electron chi connectivity index (χ3n) is 9.23. The number of amides is 6. The van der Waals surface area contributed by atoms with Crippen LogP contribution in [-0.4, -0.2) is 81.9 Å². The fourth-order valence-electron chi connectivity index (χ4n) is 6.05. The molecule has 0 radical (unpaired) electrons.